The Morgan fingerprint density at radius 1 is 1.24 bits per heavy atom. The van der Waals surface area contributed by atoms with Gasteiger partial charge in [-0.1, -0.05) is 0 Å². The Morgan fingerprint density at radius 3 is 2.55 bits per heavy atom. The second-order valence-electron chi connectivity index (χ2n) is 9.15. The molecule has 2 N–H and O–H groups in total. The van der Waals surface area contributed by atoms with Crippen LogP contribution in [0.1, 0.15) is 24.8 Å². The molecule has 2 aromatic rings. The molecule has 1 aromatic heterocycles. The number of hydrogen-bond donors (Lipinski definition) is 1. The number of piperidine rings is 1. The van der Waals surface area contributed by atoms with Crippen LogP contribution >= 0.6 is 11.8 Å². The first kappa shape index (κ1) is 19.3. The highest BCUT2D eigenvalue weighted by Gasteiger charge is 2.44. The van der Waals surface area contributed by atoms with Gasteiger partial charge in [0, 0.05) is 60.2 Å². The van der Waals surface area contributed by atoms with Gasteiger partial charge in [-0.2, -0.15) is 11.8 Å². The normalized spacial score (nSPS) is 27.1. The van der Waals surface area contributed by atoms with E-state index in [1.54, 1.807) is 6.07 Å². The zero-order valence-electron chi connectivity index (χ0n) is 16.7. The van der Waals surface area contributed by atoms with Crippen molar-refractivity contribution in [3.63, 3.8) is 0 Å². The minimum atomic E-state index is -2.50. The summed E-state index contributed by atoms with van der Waals surface area (Å²) in [6.45, 7) is 4.55. The van der Waals surface area contributed by atoms with E-state index in [9.17, 15) is 8.78 Å². The van der Waals surface area contributed by atoms with Crippen molar-refractivity contribution in [2.75, 3.05) is 55.4 Å². The van der Waals surface area contributed by atoms with Gasteiger partial charge in [0.2, 0.25) is 5.95 Å². The van der Waals surface area contributed by atoms with Crippen LogP contribution in [0.3, 0.4) is 0 Å². The first-order chi connectivity index (χ1) is 13.9. The summed E-state index contributed by atoms with van der Waals surface area (Å²) in [6, 6.07) is 3.01. The molecule has 3 aliphatic heterocycles. The van der Waals surface area contributed by atoms with E-state index in [1.807, 2.05) is 11.8 Å². The van der Waals surface area contributed by atoms with Gasteiger partial charge in [0.15, 0.2) is 0 Å². The first-order valence-electron chi connectivity index (χ1n) is 10.3. The average molecular weight is 420 g/mol. The van der Waals surface area contributed by atoms with E-state index in [2.05, 4.69) is 26.8 Å². The zero-order chi connectivity index (χ0) is 20.2. The minimum absolute atomic E-state index is 0.0137. The van der Waals surface area contributed by atoms with Gasteiger partial charge in [0.1, 0.15) is 0 Å². The number of nitrogens with two attached hydrogens (primary N) is 1. The van der Waals surface area contributed by atoms with Gasteiger partial charge in [-0.3, -0.25) is 0 Å². The summed E-state index contributed by atoms with van der Waals surface area (Å²) in [5, 5.41) is 0.617. The molecule has 0 bridgehead atoms. The van der Waals surface area contributed by atoms with Gasteiger partial charge in [-0.05, 0) is 43.9 Å². The van der Waals surface area contributed by atoms with Crippen molar-refractivity contribution >= 4 is 34.3 Å². The lowest BCUT2D eigenvalue weighted by Gasteiger charge is -2.37. The number of rotatable bonds is 2. The lowest BCUT2D eigenvalue weighted by atomic mass is 9.91. The summed E-state index contributed by atoms with van der Waals surface area (Å²) in [6.07, 6.45) is 1.67. The molecule has 0 radical (unpaired) electrons. The van der Waals surface area contributed by atoms with Gasteiger partial charge < -0.3 is 15.5 Å². The molecular formula is C21H27F2N5S. The fourth-order valence-corrected chi connectivity index (χ4v) is 6.18. The van der Waals surface area contributed by atoms with Gasteiger partial charge in [-0.15, -0.1) is 0 Å². The molecule has 8 heteroatoms. The van der Waals surface area contributed by atoms with Crippen LogP contribution in [0, 0.1) is 17.3 Å². The number of halogens is 2. The summed E-state index contributed by atoms with van der Waals surface area (Å²) < 4.78 is 26.4. The Labute approximate surface area is 174 Å². The minimum Gasteiger partial charge on any atom is -0.369 e. The van der Waals surface area contributed by atoms with Crippen molar-refractivity contribution in [1.82, 2.24) is 14.9 Å². The summed E-state index contributed by atoms with van der Waals surface area (Å²) in [4.78, 5) is 12.8. The number of alkyl halides is 2. The summed E-state index contributed by atoms with van der Waals surface area (Å²) in [5.41, 5.74) is 7.49. The largest absolute Gasteiger partial charge is 0.369 e. The van der Waals surface area contributed by atoms with Crippen LogP contribution in [0.2, 0.25) is 0 Å². The Hall–Kier alpha value is -1.67. The van der Waals surface area contributed by atoms with Crippen molar-refractivity contribution in [1.29, 1.82) is 0 Å². The highest BCUT2D eigenvalue weighted by molar-refractivity contribution is 8.00. The first-order valence-corrected chi connectivity index (χ1v) is 11.4. The third kappa shape index (κ3) is 3.77. The standard InChI is InChI=1S/C15H16F2N4S.C6H11N/c16-13(17)9-3-10-5-19-14(18)20-12(10)11(4-9)21-2-1-15(6-21)7-22-8-15;1-7-3-5-2-6(5)4-7/h3-5,13H,1-2,6-8H2,(H2,18,19,20);5-6H,2-4H2,1H3. The van der Waals surface area contributed by atoms with E-state index in [0.29, 0.717) is 16.3 Å². The van der Waals surface area contributed by atoms with E-state index in [-0.39, 0.29) is 11.5 Å². The van der Waals surface area contributed by atoms with Crippen LogP contribution in [0.4, 0.5) is 20.4 Å². The maximum Gasteiger partial charge on any atom is 0.263 e. The van der Waals surface area contributed by atoms with Crippen LogP contribution in [-0.2, 0) is 0 Å². The Kier molecular flexibility index (Phi) is 4.81. The molecular weight excluding hydrogens is 392 g/mol. The smallest absolute Gasteiger partial charge is 0.263 e. The van der Waals surface area contributed by atoms with Gasteiger partial charge >= 0.3 is 0 Å². The van der Waals surface area contributed by atoms with Gasteiger partial charge in [-0.25, -0.2) is 18.7 Å². The Balaban J connectivity index is 0.000000216. The molecule has 2 unspecified atom stereocenters. The van der Waals surface area contributed by atoms with Gasteiger partial charge in [0.05, 0.1) is 11.2 Å². The molecule has 3 saturated heterocycles. The topological polar surface area (TPSA) is 58.3 Å². The monoisotopic (exact) mass is 419 g/mol. The maximum atomic E-state index is 13.2. The number of anilines is 2. The molecule has 156 valence electrons. The molecule has 2 atom stereocenters. The van der Waals surface area contributed by atoms with Crippen molar-refractivity contribution in [3.05, 3.63) is 23.9 Å². The molecule has 6 rings (SSSR count). The molecule has 4 heterocycles. The lowest BCUT2D eigenvalue weighted by Crippen LogP contribution is -2.38. The van der Waals surface area contributed by atoms with E-state index in [0.717, 1.165) is 48.5 Å². The summed E-state index contributed by atoms with van der Waals surface area (Å²) >= 11 is 1.95. The fraction of sp³-hybridized carbons (Fsp3) is 0.619. The molecule has 1 spiro atoms. The molecule has 4 fully saturated rings. The van der Waals surface area contributed by atoms with Crippen molar-refractivity contribution < 1.29 is 8.78 Å². The number of hydrogen-bond acceptors (Lipinski definition) is 6. The van der Waals surface area contributed by atoms with Gasteiger partial charge in [0.25, 0.3) is 6.43 Å². The number of nitrogen functional groups attached to an aromatic ring is 1. The maximum absolute atomic E-state index is 13.2. The number of nitrogens with zero attached hydrogens (tertiary/aromatic N) is 4. The van der Waals surface area contributed by atoms with Crippen molar-refractivity contribution in [3.8, 4) is 0 Å². The SMILES string of the molecule is CN1CC2CC2C1.Nc1ncc2cc(C(F)F)cc(N3CCC4(CSC4)C3)c2n1. The van der Waals surface area contributed by atoms with Crippen LogP contribution in [0.25, 0.3) is 10.9 Å². The highest BCUT2D eigenvalue weighted by Crippen LogP contribution is 2.47. The summed E-state index contributed by atoms with van der Waals surface area (Å²) in [5.74, 6) is 4.72. The molecule has 1 saturated carbocycles. The van der Waals surface area contributed by atoms with E-state index < -0.39 is 6.43 Å². The molecule has 29 heavy (non-hydrogen) atoms. The molecule has 1 aromatic carbocycles. The quantitative estimate of drug-likeness (QED) is 0.802. The lowest BCUT2D eigenvalue weighted by molar-refractivity contribution is 0.151. The fourth-order valence-electron chi connectivity index (χ4n) is 4.93. The second-order valence-corrected chi connectivity index (χ2v) is 10.1. The Bertz CT molecular complexity index is 909. The number of aromatic nitrogens is 2. The molecule has 0 amide bonds. The van der Waals surface area contributed by atoms with E-state index in [1.165, 1.54) is 31.8 Å². The van der Waals surface area contributed by atoms with Crippen LogP contribution in [0.5, 0.6) is 0 Å². The number of benzene rings is 1. The van der Waals surface area contributed by atoms with Crippen LogP contribution in [-0.4, -0.2) is 59.6 Å². The van der Waals surface area contributed by atoms with Crippen LogP contribution in [0.15, 0.2) is 18.3 Å². The number of thioether (sulfide) groups is 1. The summed E-state index contributed by atoms with van der Waals surface area (Å²) in [7, 11) is 2.21. The Morgan fingerprint density at radius 2 is 2.00 bits per heavy atom. The molecule has 4 aliphatic rings. The zero-order valence-corrected chi connectivity index (χ0v) is 17.5. The number of likely N-dealkylation sites (tertiary alicyclic amines) is 1. The third-order valence-electron chi connectivity index (χ3n) is 6.71. The number of fused-ring (bicyclic) bond motifs is 2. The van der Waals surface area contributed by atoms with Crippen molar-refractivity contribution in [2.45, 2.75) is 19.3 Å². The van der Waals surface area contributed by atoms with Crippen LogP contribution < -0.4 is 10.6 Å². The highest BCUT2D eigenvalue weighted by atomic mass is 32.2. The predicted octanol–water partition coefficient (Wildman–Crippen LogP) is 3.66. The molecule has 1 aliphatic carbocycles. The average Bonchev–Trinajstić information content (AvgIpc) is 3.07. The van der Waals surface area contributed by atoms with Crippen molar-refractivity contribution in [2.24, 2.45) is 17.3 Å². The third-order valence-corrected chi connectivity index (χ3v) is 8.35. The van der Waals surface area contributed by atoms with E-state index in [4.69, 9.17) is 5.73 Å². The predicted molar refractivity (Wildman–Crippen MR) is 115 cm³/mol. The molecule has 5 nitrogen and oxygen atoms in total. The second kappa shape index (κ2) is 7.23. The van der Waals surface area contributed by atoms with E-state index >= 15 is 0 Å².